The molecule has 0 aromatic heterocycles. The number of esters is 2. The van der Waals surface area contributed by atoms with Gasteiger partial charge in [-0.3, -0.25) is 18.6 Å². The number of likely N-dealkylation sites (N-methyl/N-ethyl adjacent to an activating group) is 1. The molecule has 370 valence electrons. The molecule has 63 heavy (non-hydrogen) atoms. The molecule has 0 radical (unpaired) electrons. The van der Waals surface area contributed by atoms with Gasteiger partial charge >= 0.3 is 19.8 Å². The first-order valence-electron chi connectivity index (χ1n) is 26.2. The molecule has 2 atom stereocenters. The van der Waals surface area contributed by atoms with Crippen molar-refractivity contribution in [2.45, 2.75) is 245 Å². The van der Waals surface area contributed by atoms with Crippen molar-refractivity contribution in [2.75, 3.05) is 47.5 Å². The predicted octanol–water partition coefficient (Wildman–Crippen LogP) is 15.6. The van der Waals surface area contributed by atoms with Crippen molar-refractivity contribution >= 4 is 19.8 Å². The van der Waals surface area contributed by atoms with E-state index in [1.807, 2.05) is 21.1 Å². The Morgan fingerprint density at radius 1 is 0.492 bits per heavy atom. The maximum Gasteiger partial charge on any atom is 0.472 e. The maximum atomic E-state index is 12.7. The number of carbonyl (C=O) groups is 2. The Labute approximate surface area is 389 Å². The standard InChI is InChI=1S/C53H100NO8P/c1-6-8-10-12-14-16-18-20-22-24-25-26-27-28-29-30-32-33-35-37-39-41-43-45-52(55)59-49-51(50-61-63(57,58)60-48-47-54(3,4)5)62-53(56)46-44-42-40-38-36-34-31-23-21-19-17-15-13-11-9-7-2/h17,19,23-25,31,51H,6-16,18,20-22,26-30,32-50H2,1-5H3/p+1/b19-17-,25-24-,31-23-. The number of unbranched alkanes of at least 4 members (excludes halogenated alkanes) is 28. The quantitative estimate of drug-likeness (QED) is 0.0211. The minimum absolute atomic E-state index is 0.0291. The van der Waals surface area contributed by atoms with Crippen LogP contribution in [0.25, 0.3) is 0 Å². The van der Waals surface area contributed by atoms with Crippen molar-refractivity contribution in [3.05, 3.63) is 36.5 Å². The Bertz CT molecular complexity index is 1170. The molecule has 0 fully saturated rings. The van der Waals surface area contributed by atoms with Gasteiger partial charge in [-0.05, 0) is 70.6 Å². The third-order valence-electron chi connectivity index (χ3n) is 11.4. The van der Waals surface area contributed by atoms with Gasteiger partial charge < -0.3 is 18.9 Å². The third kappa shape index (κ3) is 49.5. The van der Waals surface area contributed by atoms with E-state index >= 15 is 0 Å². The minimum Gasteiger partial charge on any atom is -0.462 e. The highest BCUT2D eigenvalue weighted by Gasteiger charge is 2.27. The summed E-state index contributed by atoms with van der Waals surface area (Å²) < 4.78 is 34.4. The fraction of sp³-hybridized carbons (Fsp3) is 0.849. The van der Waals surface area contributed by atoms with E-state index in [0.717, 1.165) is 57.8 Å². The van der Waals surface area contributed by atoms with E-state index in [-0.39, 0.29) is 32.0 Å². The number of carbonyl (C=O) groups excluding carboxylic acids is 2. The summed E-state index contributed by atoms with van der Waals surface area (Å²) in [5.74, 6) is -0.808. The Hall–Kier alpha value is -1.77. The molecule has 10 heteroatoms. The second-order valence-corrected chi connectivity index (χ2v) is 20.4. The zero-order valence-corrected chi connectivity index (χ0v) is 42.7. The normalized spacial score (nSPS) is 13.7. The lowest BCUT2D eigenvalue weighted by molar-refractivity contribution is -0.870. The molecule has 1 N–H and O–H groups in total. The van der Waals surface area contributed by atoms with Crippen molar-refractivity contribution in [3.63, 3.8) is 0 Å². The van der Waals surface area contributed by atoms with Gasteiger partial charge in [0, 0.05) is 12.8 Å². The van der Waals surface area contributed by atoms with Gasteiger partial charge in [-0.25, -0.2) is 4.57 Å². The lowest BCUT2D eigenvalue weighted by Crippen LogP contribution is -2.37. The highest BCUT2D eigenvalue weighted by atomic mass is 31.2. The summed E-state index contributed by atoms with van der Waals surface area (Å²) in [5.41, 5.74) is 0. The number of ether oxygens (including phenoxy) is 2. The second-order valence-electron chi connectivity index (χ2n) is 18.9. The first kappa shape index (κ1) is 61.2. The summed E-state index contributed by atoms with van der Waals surface area (Å²) in [5, 5.41) is 0. The molecule has 2 unspecified atom stereocenters. The lowest BCUT2D eigenvalue weighted by Gasteiger charge is -2.24. The number of quaternary nitrogens is 1. The van der Waals surface area contributed by atoms with E-state index in [4.69, 9.17) is 18.5 Å². The average Bonchev–Trinajstić information content (AvgIpc) is 3.24. The molecule has 9 nitrogen and oxygen atoms in total. The molecule has 0 aromatic rings. The van der Waals surface area contributed by atoms with Crippen LogP contribution in [-0.2, 0) is 32.7 Å². The number of hydrogen-bond donors (Lipinski definition) is 1. The van der Waals surface area contributed by atoms with Crippen molar-refractivity contribution < 1.29 is 42.1 Å². The molecular formula is C53H101NO8P+. The van der Waals surface area contributed by atoms with E-state index < -0.39 is 26.5 Å². The van der Waals surface area contributed by atoms with Crippen molar-refractivity contribution in [1.29, 1.82) is 0 Å². The zero-order chi connectivity index (χ0) is 46.4. The molecule has 0 heterocycles. The summed E-state index contributed by atoms with van der Waals surface area (Å²) in [6.45, 7) is 4.42. The number of hydrogen-bond acceptors (Lipinski definition) is 7. The van der Waals surface area contributed by atoms with Crippen LogP contribution in [0.2, 0.25) is 0 Å². The van der Waals surface area contributed by atoms with Crippen LogP contribution in [-0.4, -0.2) is 74.9 Å². The van der Waals surface area contributed by atoms with E-state index in [2.05, 4.69) is 50.3 Å². The predicted molar refractivity (Wildman–Crippen MR) is 266 cm³/mol. The van der Waals surface area contributed by atoms with Gasteiger partial charge in [-0.15, -0.1) is 0 Å². The van der Waals surface area contributed by atoms with Crippen LogP contribution in [0.1, 0.15) is 239 Å². The summed E-state index contributed by atoms with van der Waals surface area (Å²) in [6.07, 6.45) is 53.4. The molecule has 0 rings (SSSR count). The van der Waals surface area contributed by atoms with Crippen LogP contribution < -0.4 is 0 Å². The first-order valence-corrected chi connectivity index (χ1v) is 27.7. The van der Waals surface area contributed by atoms with Crippen molar-refractivity contribution in [1.82, 2.24) is 0 Å². The maximum absolute atomic E-state index is 12.7. The van der Waals surface area contributed by atoms with Gasteiger partial charge in [0.2, 0.25) is 0 Å². The van der Waals surface area contributed by atoms with Gasteiger partial charge in [-0.2, -0.15) is 0 Å². The van der Waals surface area contributed by atoms with Crippen LogP contribution in [0.15, 0.2) is 36.5 Å². The molecule has 0 spiro atoms. The number of rotatable bonds is 48. The molecule has 0 bridgehead atoms. The molecule has 0 amide bonds. The van der Waals surface area contributed by atoms with E-state index in [9.17, 15) is 19.0 Å². The van der Waals surface area contributed by atoms with Crippen LogP contribution in [0.5, 0.6) is 0 Å². The average molecular weight is 911 g/mol. The Morgan fingerprint density at radius 3 is 1.29 bits per heavy atom. The second kappa shape index (κ2) is 45.4. The number of phosphoric acid groups is 1. The van der Waals surface area contributed by atoms with Gasteiger partial charge in [0.1, 0.15) is 19.8 Å². The molecule has 0 saturated carbocycles. The van der Waals surface area contributed by atoms with E-state index in [0.29, 0.717) is 17.4 Å². The van der Waals surface area contributed by atoms with Crippen LogP contribution in [0, 0.1) is 0 Å². The summed E-state index contributed by atoms with van der Waals surface area (Å²) in [7, 11) is 1.47. The SMILES string of the molecule is CCCCCC/C=C\C/C=C\CCCCCCCC(=O)OC(COC(=O)CCCCCCCCCCCCC/C=C\CCCCCCCCCC)COP(=O)(O)OCC[N+](C)(C)C. The van der Waals surface area contributed by atoms with Crippen LogP contribution in [0.3, 0.4) is 0 Å². The van der Waals surface area contributed by atoms with E-state index in [1.54, 1.807) is 0 Å². The zero-order valence-electron chi connectivity index (χ0n) is 41.8. The smallest absolute Gasteiger partial charge is 0.462 e. The molecule has 0 aromatic carbocycles. The van der Waals surface area contributed by atoms with Crippen LogP contribution in [0.4, 0.5) is 0 Å². The summed E-state index contributed by atoms with van der Waals surface area (Å²) >= 11 is 0. The Balaban J connectivity index is 4.21. The third-order valence-corrected chi connectivity index (χ3v) is 12.4. The Morgan fingerprint density at radius 2 is 0.857 bits per heavy atom. The first-order chi connectivity index (χ1) is 30.5. The molecule has 0 aliphatic heterocycles. The number of phosphoric ester groups is 1. The fourth-order valence-electron chi connectivity index (χ4n) is 7.28. The lowest BCUT2D eigenvalue weighted by atomic mass is 10.0. The monoisotopic (exact) mass is 911 g/mol. The minimum atomic E-state index is -4.38. The van der Waals surface area contributed by atoms with Crippen LogP contribution >= 0.6 is 7.82 Å². The molecule has 0 aliphatic rings. The molecular weight excluding hydrogens is 810 g/mol. The van der Waals surface area contributed by atoms with Gasteiger partial charge in [-0.1, -0.05) is 192 Å². The highest BCUT2D eigenvalue weighted by molar-refractivity contribution is 7.47. The highest BCUT2D eigenvalue weighted by Crippen LogP contribution is 2.43. The summed E-state index contributed by atoms with van der Waals surface area (Å²) in [6, 6.07) is 0. The van der Waals surface area contributed by atoms with Gasteiger partial charge in [0.15, 0.2) is 6.10 Å². The van der Waals surface area contributed by atoms with Crippen molar-refractivity contribution in [3.8, 4) is 0 Å². The largest absolute Gasteiger partial charge is 0.472 e. The van der Waals surface area contributed by atoms with Gasteiger partial charge in [0.05, 0.1) is 27.7 Å². The molecule has 0 aliphatic carbocycles. The van der Waals surface area contributed by atoms with Crippen molar-refractivity contribution in [2.24, 2.45) is 0 Å². The van der Waals surface area contributed by atoms with E-state index in [1.165, 1.54) is 148 Å². The molecule has 0 saturated heterocycles. The van der Waals surface area contributed by atoms with Gasteiger partial charge in [0.25, 0.3) is 0 Å². The fourth-order valence-corrected chi connectivity index (χ4v) is 8.02. The topological polar surface area (TPSA) is 108 Å². The number of nitrogens with zero attached hydrogens (tertiary/aromatic N) is 1. The number of allylic oxidation sites excluding steroid dienone is 6. The summed E-state index contributed by atoms with van der Waals surface area (Å²) in [4.78, 5) is 35.5. The Kier molecular flexibility index (Phi) is 44.1.